The van der Waals surface area contributed by atoms with Crippen LogP contribution in [0.1, 0.15) is 31.2 Å². The fraction of sp³-hybridized carbons (Fsp3) is 0.333. The Balaban J connectivity index is 1.45. The molecule has 2 heterocycles. The number of nitrogens with two attached hydrogens (primary N) is 1. The number of nitrogens with zero attached hydrogens (tertiary/aromatic N) is 2. The summed E-state index contributed by atoms with van der Waals surface area (Å²) < 4.78 is 0.787. The number of nitrogens with one attached hydrogen (secondary N) is 1. The van der Waals surface area contributed by atoms with E-state index >= 15 is 0 Å². The minimum atomic E-state index is 0.400. The SMILES string of the molecule is [B]c1ccc(-c2ccnc(Nc3cccc(CC4CCC(N)CC4)c3)n2)s1. The maximum Gasteiger partial charge on any atom is 0.227 e. The lowest BCUT2D eigenvalue weighted by molar-refractivity contribution is 0.325. The molecule has 2 aromatic heterocycles. The summed E-state index contributed by atoms with van der Waals surface area (Å²) in [6.45, 7) is 0. The first kappa shape index (κ1) is 18.2. The molecule has 3 N–H and O–H groups in total. The van der Waals surface area contributed by atoms with Crippen molar-refractivity contribution in [3.05, 3.63) is 54.2 Å². The van der Waals surface area contributed by atoms with Crippen LogP contribution in [0, 0.1) is 5.92 Å². The zero-order chi connectivity index (χ0) is 18.6. The number of hydrogen-bond donors (Lipinski definition) is 2. The van der Waals surface area contributed by atoms with Gasteiger partial charge in [0.25, 0.3) is 0 Å². The van der Waals surface area contributed by atoms with Crippen LogP contribution in [0.25, 0.3) is 10.6 Å². The van der Waals surface area contributed by atoms with E-state index < -0.39 is 0 Å². The molecule has 0 aliphatic heterocycles. The van der Waals surface area contributed by atoms with E-state index in [1.54, 1.807) is 6.20 Å². The number of hydrogen-bond acceptors (Lipinski definition) is 5. The summed E-state index contributed by atoms with van der Waals surface area (Å²) >= 11 is 1.53. The van der Waals surface area contributed by atoms with E-state index in [0.717, 1.165) is 46.2 Å². The van der Waals surface area contributed by atoms with Crippen LogP contribution in [0.3, 0.4) is 0 Å². The molecule has 0 bridgehead atoms. The fourth-order valence-electron chi connectivity index (χ4n) is 3.68. The van der Waals surface area contributed by atoms with E-state index in [1.807, 2.05) is 18.2 Å². The molecule has 0 amide bonds. The molecule has 0 saturated heterocycles. The first-order valence-corrected chi connectivity index (χ1v) is 10.3. The molecule has 0 unspecified atom stereocenters. The molecule has 6 heteroatoms. The average molecular weight is 374 g/mol. The number of aromatic nitrogens is 2. The van der Waals surface area contributed by atoms with Crippen molar-refractivity contribution in [2.75, 3.05) is 5.32 Å². The Labute approximate surface area is 165 Å². The summed E-state index contributed by atoms with van der Waals surface area (Å²) in [5.41, 5.74) is 9.27. The van der Waals surface area contributed by atoms with Crippen molar-refractivity contribution < 1.29 is 0 Å². The highest BCUT2D eigenvalue weighted by molar-refractivity contribution is 7.23. The maximum absolute atomic E-state index is 6.03. The van der Waals surface area contributed by atoms with Gasteiger partial charge >= 0.3 is 0 Å². The van der Waals surface area contributed by atoms with Gasteiger partial charge in [0.2, 0.25) is 5.95 Å². The van der Waals surface area contributed by atoms with Gasteiger partial charge in [-0.15, -0.1) is 0 Å². The molecule has 0 spiro atoms. The van der Waals surface area contributed by atoms with E-state index in [-0.39, 0.29) is 0 Å². The Morgan fingerprint density at radius 1 is 1.11 bits per heavy atom. The third kappa shape index (κ3) is 4.76. The minimum absolute atomic E-state index is 0.400. The molecule has 3 aromatic rings. The average Bonchev–Trinajstić information content (AvgIpc) is 3.11. The smallest absolute Gasteiger partial charge is 0.227 e. The fourth-order valence-corrected chi connectivity index (χ4v) is 4.42. The van der Waals surface area contributed by atoms with Crippen molar-refractivity contribution in [3.63, 3.8) is 0 Å². The van der Waals surface area contributed by atoms with Gasteiger partial charge < -0.3 is 11.1 Å². The Kier molecular flexibility index (Phi) is 5.55. The lowest BCUT2D eigenvalue weighted by Crippen LogP contribution is -2.27. The predicted molar refractivity (Wildman–Crippen MR) is 114 cm³/mol. The standard InChI is InChI=1S/C21H23BN4S/c22-20-9-8-19(27-20)18-10-11-24-21(26-18)25-17-3-1-2-15(13-17)12-14-4-6-16(23)7-5-14/h1-3,8-11,13-14,16H,4-7,12,23H2,(H,24,25,26). The molecule has 1 aromatic carbocycles. The largest absolute Gasteiger partial charge is 0.328 e. The van der Waals surface area contributed by atoms with Gasteiger partial charge in [-0.05, 0) is 72.6 Å². The number of thiophene rings is 1. The minimum Gasteiger partial charge on any atom is -0.328 e. The van der Waals surface area contributed by atoms with Crippen molar-refractivity contribution in [1.29, 1.82) is 0 Å². The van der Waals surface area contributed by atoms with Crippen LogP contribution in [0.15, 0.2) is 48.7 Å². The molecular weight excluding hydrogens is 351 g/mol. The van der Waals surface area contributed by atoms with Gasteiger partial charge in [0.1, 0.15) is 7.85 Å². The number of anilines is 2. The van der Waals surface area contributed by atoms with Gasteiger partial charge in [0.05, 0.1) is 10.6 Å². The Morgan fingerprint density at radius 2 is 1.96 bits per heavy atom. The van der Waals surface area contributed by atoms with Crippen LogP contribution < -0.4 is 15.8 Å². The number of rotatable bonds is 5. The van der Waals surface area contributed by atoms with Crippen LogP contribution in [0.4, 0.5) is 11.6 Å². The summed E-state index contributed by atoms with van der Waals surface area (Å²) in [5.74, 6) is 1.34. The molecule has 27 heavy (non-hydrogen) atoms. The summed E-state index contributed by atoms with van der Waals surface area (Å²) in [6, 6.07) is 14.7. The second-order valence-corrected chi connectivity index (χ2v) is 8.39. The second kappa shape index (κ2) is 8.23. The van der Waals surface area contributed by atoms with Gasteiger partial charge in [0, 0.05) is 17.9 Å². The Bertz CT molecular complexity index is 902. The molecule has 4 rings (SSSR count). The van der Waals surface area contributed by atoms with E-state index in [1.165, 1.54) is 29.7 Å². The molecule has 136 valence electrons. The number of benzene rings is 1. The molecule has 0 atom stereocenters. The Morgan fingerprint density at radius 3 is 2.74 bits per heavy atom. The highest BCUT2D eigenvalue weighted by Gasteiger charge is 2.18. The first-order chi connectivity index (χ1) is 13.2. The van der Waals surface area contributed by atoms with Gasteiger partial charge in [-0.1, -0.05) is 18.2 Å². The zero-order valence-electron chi connectivity index (χ0n) is 15.3. The van der Waals surface area contributed by atoms with Crippen LogP contribution in [0.5, 0.6) is 0 Å². The van der Waals surface area contributed by atoms with Crippen molar-refractivity contribution in [3.8, 4) is 10.6 Å². The summed E-state index contributed by atoms with van der Waals surface area (Å²) in [4.78, 5) is 10.0. The van der Waals surface area contributed by atoms with Gasteiger partial charge in [0.15, 0.2) is 0 Å². The van der Waals surface area contributed by atoms with Crippen molar-refractivity contribution in [2.45, 2.75) is 38.1 Å². The first-order valence-electron chi connectivity index (χ1n) is 9.46. The van der Waals surface area contributed by atoms with E-state index in [9.17, 15) is 0 Å². The normalized spacial score (nSPS) is 19.7. The predicted octanol–water partition coefficient (Wildman–Crippen LogP) is 3.80. The zero-order valence-corrected chi connectivity index (χ0v) is 16.1. The Hall–Kier alpha value is -2.18. The molecule has 4 nitrogen and oxygen atoms in total. The monoisotopic (exact) mass is 374 g/mol. The second-order valence-electron chi connectivity index (χ2n) is 7.28. The quantitative estimate of drug-likeness (QED) is 0.667. The third-order valence-electron chi connectivity index (χ3n) is 5.13. The lowest BCUT2D eigenvalue weighted by atomic mass is 9.83. The van der Waals surface area contributed by atoms with Crippen LogP contribution in [0.2, 0.25) is 0 Å². The van der Waals surface area contributed by atoms with Gasteiger partial charge in [-0.25, -0.2) is 9.97 Å². The maximum atomic E-state index is 6.03. The highest BCUT2D eigenvalue weighted by Crippen LogP contribution is 2.28. The molecule has 1 saturated carbocycles. The van der Waals surface area contributed by atoms with Crippen LogP contribution >= 0.6 is 11.3 Å². The van der Waals surface area contributed by atoms with Crippen LogP contribution in [-0.4, -0.2) is 23.9 Å². The summed E-state index contributed by atoms with van der Waals surface area (Å²) in [6.07, 6.45) is 7.64. The van der Waals surface area contributed by atoms with Crippen molar-refractivity contribution in [2.24, 2.45) is 11.7 Å². The molecule has 1 fully saturated rings. The van der Waals surface area contributed by atoms with Crippen LogP contribution in [-0.2, 0) is 6.42 Å². The van der Waals surface area contributed by atoms with Crippen molar-refractivity contribution in [1.82, 2.24) is 9.97 Å². The van der Waals surface area contributed by atoms with E-state index in [0.29, 0.717) is 12.0 Å². The molecular formula is C21H23BN4S. The molecule has 1 aliphatic rings. The third-order valence-corrected chi connectivity index (χ3v) is 6.07. The lowest BCUT2D eigenvalue weighted by Gasteiger charge is -2.26. The van der Waals surface area contributed by atoms with Gasteiger partial charge in [-0.2, -0.15) is 11.3 Å². The van der Waals surface area contributed by atoms with Gasteiger partial charge in [-0.3, -0.25) is 0 Å². The topological polar surface area (TPSA) is 63.8 Å². The molecule has 1 aliphatic carbocycles. The summed E-state index contributed by atoms with van der Waals surface area (Å²) in [5, 5.41) is 3.34. The highest BCUT2D eigenvalue weighted by atomic mass is 32.1. The summed E-state index contributed by atoms with van der Waals surface area (Å²) in [7, 11) is 5.83. The molecule has 2 radical (unpaired) electrons. The van der Waals surface area contributed by atoms with E-state index in [2.05, 4.69) is 39.6 Å². The van der Waals surface area contributed by atoms with Crippen molar-refractivity contribution >= 4 is 35.6 Å². The van der Waals surface area contributed by atoms with E-state index in [4.69, 9.17) is 13.6 Å².